The fourth-order valence-electron chi connectivity index (χ4n) is 3.40. The second-order valence-electron chi connectivity index (χ2n) is 7.28. The summed E-state index contributed by atoms with van der Waals surface area (Å²) in [6, 6.07) is 3.88. The van der Waals surface area contributed by atoms with Crippen LogP contribution in [0.15, 0.2) is 22.5 Å². The van der Waals surface area contributed by atoms with Crippen molar-refractivity contribution in [3.05, 3.63) is 44.9 Å². The number of thiazole rings is 1. The number of fused-ring (bicyclic) bond motifs is 1. The summed E-state index contributed by atoms with van der Waals surface area (Å²) < 4.78 is 0. The number of aryl methyl sites for hydroxylation is 1. The van der Waals surface area contributed by atoms with Gasteiger partial charge in [-0.2, -0.15) is 0 Å². The van der Waals surface area contributed by atoms with Crippen molar-refractivity contribution in [2.45, 2.75) is 65.5 Å². The number of nitrogens with one attached hydrogen (secondary N) is 2. The number of benzene rings is 1. The van der Waals surface area contributed by atoms with Crippen molar-refractivity contribution in [1.82, 2.24) is 15.6 Å². The Morgan fingerprint density at radius 3 is 2.75 bits per heavy atom. The number of hydrogen-bond donors (Lipinski definition) is 3. The molecular formula is C21H31IN4OS. The molecule has 0 bridgehead atoms. The molecule has 0 amide bonds. The minimum Gasteiger partial charge on any atom is -0.508 e. The first kappa shape index (κ1) is 22.9. The zero-order valence-electron chi connectivity index (χ0n) is 16.9. The Morgan fingerprint density at radius 2 is 2.04 bits per heavy atom. The van der Waals surface area contributed by atoms with Crippen LogP contribution in [0.25, 0.3) is 0 Å². The summed E-state index contributed by atoms with van der Waals surface area (Å²) >= 11 is 1.68. The number of aliphatic imine (C=N–C) groups is 1. The lowest BCUT2D eigenvalue weighted by Gasteiger charge is -2.20. The molecule has 1 aromatic heterocycles. The van der Waals surface area contributed by atoms with Gasteiger partial charge in [-0.15, -0.1) is 35.3 Å². The highest BCUT2D eigenvalue weighted by atomic mass is 127. The van der Waals surface area contributed by atoms with Gasteiger partial charge >= 0.3 is 0 Å². The van der Waals surface area contributed by atoms with Gasteiger partial charge in [-0.05, 0) is 55.7 Å². The van der Waals surface area contributed by atoms with Crippen LogP contribution >= 0.6 is 35.3 Å². The average Bonchev–Trinajstić information content (AvgIpc) is 3.14. The van der Waals surface area contributed by atoms with Crippen molar-refractivity contribution in [3.63, 3.8) is 0 Å². The molecule has 1 aromatic carbocycles. The molecule has 3 rings (SSSR count). The highest BCUT2D eigenvalue weighted by molar-refractivity contribution is 14.0. The van der Waals surface area contributed by atoms with Gasteiger partial charge in [0, 0.05) is 17.5 Å². The lowest BCUT2D eigenvalue weighted by atomic mass is 9.88. The van der Waals surface area contributed by atoms with E-state index < -0.39 is 0 Å². The van der Waals surface area contributed by atoms with Gasteiger partial charge in [0.25, 0.3) is 0 Å². The van der Waals surface area contributed by atoms with Crippen LogP contribution in [0.5, 0.6) is 5.75 Å². The Balaban J connectivity index is 0.00000280. The van der Waals surface area contributed by atoms with Crippen molar-refractivity contribution in [1.29, 1.82) is 0 Å². The third kappa shape index (κ3) is 5.83. The smallest absolute Gasteiger partial charge is 0.191 e. The number of hydrogen-bond acceptors (Lipinski definition) is 4. The molecule has 0 spiro atoms. The van der Waals surface area contributed by atoms with Crippen LogP contribution in [0.1, 0.15) is 66.9 Å². The molecule has 154 valence electrons. The maximum Gasteiger partial charge on any atom is 0.191 e. The molecule has 0 radical (unpaired) electrons. The second kappa shape index (κ2) is 11.0. The maximum absolute atomic E-state index is 10.4. The zero-order chi connectivity index (χ0) is 19.2. The van der Waals surface area contributed by atoms with Crippen LogP contribution in [0.3, 0.4) is 0 Å². The van der Waals surface area contributed by atoms with E-state index >= 15 is 0 Å². The number of aromatic hydroxyl groups is 1. The summed E-state index contributed by atoms with van der Waals surface area (Å²) in [7, 11) is 0. The minimum absolute atomic E-state index is 0. The van der Waals surface area contributed by atoms with Crippen LogP contribution in [0.2, 0.25) is 0 Å². The van der Waals surface area contributed by atoms with Crippen molar-refractivity contribution >= 4 is 41.3 Å². The molecule has 1 aliphatic carbocycles. The Morgan fingerprint density at radius 1 is 1.25 bits per heavy atom. The summed E-state index contributed by atoms with van der Waals surface area (Å²) in [4.78, 5) is 9.39. The molecule has 1 heterocycles. The molecule has 0 saturated carbocycles. The first-order valence-electron chi connectivity index (χ1n) is 9.87. The quantitative estimate of drug-likeness (QED) is 0.296. The molecule has 0 fully saturated rings. The van der Waals surface area contributed by atoms with Gasteiger partial charge in [0.15, 0.2) is 5.96 Å². The molecule has 7 heteroatoms. The van der Waals surface area contributed by atoms with Crippen LogP contribution in [0.4, 0.5) is 0 Å². The Hall–Kier alpha value is -1.35. The van der Waals surface area contributed by atoms with Crippen molar-refractivity contribution in [2.75, 3.05) is 6.54 Å². The number of phenolic OH excluding ortho intramolecular Hbond substituents is 1. The third-order valence-electron chi connectivity index (χ3n) is 4.93. The number of rotatable bonds is 6. The highest BCUT2D eigenvalue weighted by Crippen LogP contribution is 2.31. The monoisotopic (exact) mass is 514 g/mol. The average molecular weight is 514 g/mol. The summed E-state index contributed by atoms with van der Waals surface area (Å²) in [5, 5.41) is 20.2. The first-order valence-corrected chi connectivity index (χ1v) is 10.8. The Bertz CT molecular complexity index is 804. The second-order valence-corrected chi connectivity index (χ2v) is 8.22. The molecule has 3 N–H and O–H groups in total. The lowest BCUT2D eigenvalue weighted by molar-refractivity contribution is 0.465. The van der Waals surface area contributed by atoms with Crippen LogP contribution < -0.4 is 10.6 Å². The standard InChI is InChI=1S/C21H30N4OS.HI/c1-4-22-21(24-12-20-25-18(13-27-20)14(2)3)23-11-17-16-8-6-5-7-15(16)9-10-19(17)26;/h9-10,13-14,26H,4-8,11-12H2,1-3H3,(H2,22,23,24);1H. The fraction of sp³-hybridized carbons (Fsp3) is 0.524. The SMILES string of the molecule is CCNC(=NCc1c(O)ccc2c1CCCC2)NCc1nc(C(C)C)cs1.I. The molecule has 5 nitrogen and oxygen atoms in total. The zero-order valence-corrected chi connectivity index (χ0v) is 20.1. The largest absolute Gasteiger partial charge is 0.508 e. The topological polar surface area (TPSA) is 69.5 Å². The lowest BCUT2D eigenvalue weighted by Crippen LogP contribution is -2.36. The maximum atomic E-state index is 10.4. The summed E-state index contributed by atoms with van der Waals surface area (Å²) in [5.41, 5.74) is 4.77. The van der Waals surface area contributed by atoms with Crippen molar-refractivity contribution in [2.24, 2.45) is 4.99 Å². The predicted octanol–water partition coefficient (Wildman–Crippen LogP) is 4.72. The number of phenols is 1. The molecule has 0 aliphatic heterocycles. The summed E-state index contributed by atoms with van der Waals surface area (Å²) in [6.07, 6.45) is 4.56. The molecule has 0 atom stereocenters. The number of guanidine groups is 1. The van der Waals surface area contributed by atoms with Crippen LogP contribution in [-0.2, 0) is 25.9 Å². The van der Waals surface area contributed by atoms with Gasteiger partial charge in [-0.3, -0.25) is 0 Å². The predicted molar refractivity (Wildman–Crippen MR) is 128 cm³/mol. The molecule has 28 heavy (non-hydrogen) atoms. The molecule has 2 aromatic rings. The van der Waals surface area contributed by atoms with E-state index in [1.54, 1.807) is 11.3 Å². The minimum atomic E-state index is 0. The van der Waals surface area contributed by atoms with E-state index in [4.69, 9.17) is 4.99 Å². The van der Waals surface area contributed by atoms with Crippen molar-refractivity contribution in [3.8, 4) is 5.75 Å². The fourth-order valence-corrected chi connectivity index (χ4v) is 4.29. The summed E-state index contributed by atoms with van der Waals surface area (Å²) in [5.74, 6) is 1.56. The third-order valence-corrected chi connectivity index (χ3v) is 5.80. The van der Waals surface area contributed by atoms with E-state index in [1.165, 1.54) is 24.0 Å². The van der Waals surface area contributed by atoms with E-state index in [1.807, 2.05) is 6.07 Å². The van der Waals surface area contributed by atoms with Crippen molar-refractivity contribution < 1.29 is 5.11 Å². The Kier molecular flexibility index (Phi) is 9.01. The van der Waals surface area contributed by atoms with E-state index in [-0.39, 0.29) is 24.0 Å². The molecule has 0 saturated heterocycles. The van der Waals surface area contributed by atoms with E-state index in [0.29, 0.717) is 24.8 Å². The molecule has 0 unspecified atom stereocenters. The van der Waals surface area contributed by atoms with E-state index in [0.717, 1.165) is 41.6 Å². The van der Waals surface area contributed by atoms with Gasteiger partial charge in [0.2, 0.25) is 0 Å². The number of aromatic nitrogens is 1. The number of nitrogens with zero attached hydrogens (tertiary/aromatic N) is 2. The molecule has 1 aliphatic rings. The molecular weight excluding hydrogens is 483 g/mol. The van der Waals surface area contributed by atoms with Gasteiger partial charge in [-0.1, -0.05) is 19.9 Å². The van der Waals surface area contributed by atoms with E-state index in [9.17, 15) is 5.11 Å². The number of halogens is 1. The summed E-state index contributed by atoms with van der Waals surface area (Å²) in [6.45, 7) is 8.30. The van der Waals surface area contributed by atoms with Gasteiger partial charge in [0.1, 0.15) is 10.8 Å². The highest BCUT2D eigenvalue weighted by Gasteiger charge is 2.16. The van der Waals surface area contributed by atoms with Gasteiger partial charge in [0.05, 0.1) is 18.8 Å². The van der Waals surface area contributed by atoms with Gasteiger partial charge < -0.3 is 15.7 Å². The normalized spacial score (nSPS) is 13.8. The van der Waals surface area contributed by atoms with Gasteiger partial charge in [-0.25, -0.2) is 9.98 Å². The van der Waals surface area contributed by atoms with Crippen LogP contribution in [0, 0.1) is 0 Å². The Labute approximate surface area is 189 Å². The first-order chi connectivity index (χ1) is 13.1. The van der Waals surface area contributed by atoms with Crippen LogP contribution in [-0.4, -0.2) is 22.6 Å². The van der Waals surface area contributed by atoms with E-state index in [2.05, 4.69) is 47.8 Å².